The van der Waals surface area contributed by atoms with E-state index in [1.807, 2.05) is 12.3 Å². The van der Waals surface area contributed by atoms with E-state index >= 15 is 0 Å². The zero-order chi connectivity index (χ0) is 19.6. The summed E-state index contributed by atoms with van der Waals surface area (Å²) >= 11 is 1.75. The molecule has 1 N–H and O–H groups in total. The van der Waals surface area contributed by atoms with Crippen LogP contribution in [-0.4, -0.2) is 32.5 Å². The number of para-hydroxylation sites is 1. The van der Waals surface area contributed by atoms with Crippen molar-refractivity contribution in [3.8, 4) is 11.4 Å². The second kappa shape index (κ2) is 8.05. The van der Waals surface area contributed by atoms with E-state index in [2.05, 4.69) is 75.2 Å². The number of hydrogen-bond acceptors (Lipinski definition) is 4. The number of ether oxygens (including phenoxy) is 1. The molecule has 4 aromatic rings. The number of fused-ring (bicyclic) bond motifs is 1. The topological polar surface area (TPSA) is 55.7 Å². The molecule has 2 atom stereocenters. The SMILES string of the molecule is C[C@H](Sc1nnc(-c2c[nH]c3ccccc23)n1C[C@@H]1CCCO1)c1ccccc1. The fraction of sp³-hybridized carbons (Fsp3) is 0.304. The van der Waals surface area contributed by atoms with Gasteiger partial charge in [0.15, 0.2) is 11.0 Å². The van der Waals surface area contributed by atoms with Gasteiger partial charge in [-0.2, -0.15) is 0 Å². The third kappa shape index (κ3) is 3.70. The molecular formula is C23H24N4OS. The molecular weight excluding hydrogens is 380 g/mol. The lowest BCUT2D eigenvalue weighted by Gasteiger charge is -2.16. The maximum atomic E-state index is 5.94. The number of nitrogens with one attached hydrogen (secondary N) is 1. The number of nitrogens with zero attached hydrogens (tertiary/aromatic N) is 3. The quantitative estimate of drug-likeness (QED) is 0.434. The second-order valence-electron chi connectivity index (χ2n) is 7.47. The van der Waals surface area contributed by atoms with Crippen molar-refractivity contribution >= 4 is 22.7 Å². The minimum atomic E-state index is 0.223. The van der Waals surface area contributed by atoms with Crippen LogP contribution in [0.25, 0.3) is 22.3 Å². The molecule has 5 nitrogen and oxygen atoms in total. The number of benzene rings is 2. The van der Waals surface area contributed by atoms with E-state index < -0.39 is 0 Å². The lowest BCUT2D eigenvalue weighted by Crippen LogP contribution is -2.16. The summed E-state index contributed by atoms with van der Waals surface area (Å²) in [5.41, 5.74) is 3.49. The van der Waals surface area contributed by atoms with Gasteiger partial charge in [-0.15, -0.1) is 10.2 Å². The molecule has 0 aliphatic carbocycles. The molecule has 1 aliphatic rings. The zero-order valence-corrected chi connectivity index (χ0v) is 17.2. The zero-order valence-electron chi connectivity index (χ0n) is 16.4. The van der Waals surface area contributed by atoms with Gasteiger partial charge in [-0.1, -0.05) is 60.3 Å². The van der Waals surface area contributed by atoms with Gasteiger partial charge < -0.3 is 9.72 Å². The van der Waals surface area contributed by atoms with E-state index in [0.29, 0.717) is 5.25 Å². The Balaban J connectivity index is 1.53. The molecule has 2 aromatic carbocycles. The summed E-state index contributed by atoms with van der Waals surface area (Å²) in [6.07, 6.45) is 4.47. The first-order valence-electron chi connectivity index (χ1n) is 10.1. The first kappa shape index (κ1) is 18.5. The Labute approximate surface area is 174 Å². The van der Waals surface area contributed by atoms with Gasteiger partial charge in [-0.25, -0.2) is 0 Å². The lowest BCUT2D eigenvalue weighted by atomic mass is 10.1. The molecule has 0 spiro atoms. The van der Waals surface area contributed by atoms with E-state index in [4.69, 9.17) is 4.74 Å². The predicted octanol–water partition coefficient (Wildman–Crippen LogP) is 5.46. The highest BCUT2D eigenvalue weighted by Gasteiger charge is 2.24. The first-order chi connectivity index (χ1) is 14.3. The summed E-state index contributed by atoms with van der Waals surface area (Å²) < 4.78 is 8.18. The fourth-order valence-electron chi connectivity index (χ4n) is 3.94. The van der Waals surface area contributed by atoms with Crippen molar-refractivity contribution in [2.75, 3.05) is 6.61 Å². The molecule has 1 saturated heterocycles. The highest BCUT2D eigenvalue weighted by molar-refractivity contribution is 7.99. The average molecular weight is 405 g/mol. The van der Waals surface area contributed by atoms with E-state index in [0.717, 1.165) is 48.1 Å². The van der Waals surface area contributed by atoms with Crippen molar-refractivity contribution in [2.45, 2.75) is 42.8 Å². The minimum absolute atomic E-state index is 0.223. The second-order valence-corrected chi connectivity index (χ2v) is 8.78. The van der Waals surface area contributed by atoms with Crippen molar-refractivity contribution in [1.82, 2.24) is 19.7 Å². The summed E-state index contributed by atoms with van der Waals surface area (Å²) in [5.74, 6) is 0.903. The van der Waals surface area contributed by atoms with Crippen LogP contribution in [0.3, 0.4) is 0 Å². The molecule has 0 radical (unpaired) electrons. The van der Waals surface area contributed by atoms with Crippen LogP contribution >= 0.6 is 11.8 Å². The monoisotopic (exact) mass is 404 g/mol. The highest BCUT2D eigenvalue weighted by atomic mass is 32.2. The van der Waals surface area contributed by atoms with Crippen molar-refractivity contribution < 1.29 is 4.74 Å². The Morgan fingerprint density at radius 1 is 1.14 bits per heavy atom. The lowest BCUT2D eigenvalue weighted by molar-refractivity contribution is 0.0953. The maximum Gasteiger partial charge on any atom is 0.192 e. The normalized spacial score (nSPS) is 17.8. The molecule has 29 heavy (non-hydrogen) atoms. The van der Waals surface area contributed by atoms with Crippen LogP contribution in [0.4, 0.5) is 0 Å². The molecule has 3 heterocycles. The van der Waals surface area contributed by atoms with Gasteiger partial charge in [0.05, 0.1) is 12.6 Å². The van der Waals surface area contributed by atoms with Crippen molar-refractivity contribution in [3.63, 3.8) is 0 Å². The predicted molar refractivity (Wildman–Crippen MR) is 117 cm³/mol. The van der Waals surface area contributed by atoms with Gasteiger partial charge in [0, 0.05) is 34.5 Å². The molecule has 0 saturated carbocycles. The summed E-state index contributed by atoms with van der Waals surface area (Å²) in [6.45, 7) is 3.85. The molecule has 0 bridgehead atoms. The summed E-state index contributed by atoms with van der Waals surface area (Å²) in [7, 11) is 0. The smallest absolute Gasteiger partial charge is 0.192 e. The Kier molecular flexibility index (Phi) is 5.12. The molecule has 1 fully saturated rings. The fourth-order valence-corrected chi connectivity index (χ4v) is 4.92. The molecule has 148 valence electrons. The van der Waals surface area contributed by atoms with Crippen molar-refractivity contribution in [1.29, 1.82) is 0 Å². The number of aromatic amines is 1. The molecule has 5 rings (SSSR count). The van der Waals surface area contributed by atoms with Gasteiger partial charge >= 0.3 is 0 Å². The van der Waals surface area contributed by atoms with Gasteiger partial charge in [0.2, 0.25) is 0 Å². The minimum Gasteiger partial charge on any atom is -0.376 e. The van der Waals surface area contributed by atoms with E-state index in [-0.39, 0.29) is 6.10 Å². The van der Waals surface area contributed by atoms with Crippen LogP contribution < -0.4 is 0 Å². The van der Waals surface area contributed by atoms with Crippen LogP contribution in [0.2, 0.25) is 0 Å². The number of aromatic nitrogens is 4. The van der Waals surface area contributed by atoms with Crippen molar-refractivity contribution in [2.24, 2.45) is 0 Å². The number of hydrogen-bond donors (Lipinski definition) is 1. The summed E-state index contributed by atoms with van der Waals surface area (Å²) in [5, 5.41) is 11.6. The van der Waals surface area contributed by atoms with E-state index in [1.54, 1.807) is 11.8 Å². The largest absolute Gasteiger partial charge is 0.376 e. The van der Waals surface area contributed by atoms with Gasteiger partial charge in [-0.3, -0.25) is 4.57 Å². The molecule has 6 heteroatoms. The summed E-state index contributed by atoms with van der Waals surface area (Å²) in [4.78, 5) is 3.36. The van der Waals surface area contributed by atoms with E-state index in [1.165, 1.54) is 10.9 Å². The van der Waals surface area contributed by atoms with E-state index in [9.17, 15) is 0 Å². The number of H-pyrrole nitrogens is 1. The third-order valence-corrected chi connectivity index (χ3v) is 6.65. The maximum absolute atomic E-state index is 5.94. The molecule has 2 aromatic heterocycles. The Morgan fingerprint density at radius 2 is 1.97 bits per heavy atom. The Bertz CT molecular complexity index is 1100. The van der Waals surface area contributed by atoms with Crippen LogP contribution in [0, 0.1) is 0 Å². The van der Waals surface area contributed by atoms with Crippen LogP contribution in [0.5, 0.6) is 0 Å². The van der Waals surface area contributed by atoms with Crippen LogP contribution in [0.15, 0.2) is 66.0 Å². The first-order valence-corrected chi connectivity index (χ1v) is 11.0. The Morgan fingerprint density at radius 3 is 2.79 bits per heavy atom. The Hall–Kier alpha value is -2.57. The standard InChI is InChI=1S/C23H24N4OS/c1-16(17-8-3-2-4-9-17)29-23-26-25-22(27(23)15-18-10-7-13-28-18)20-14-24-21-12-6-5-11-19(20)21/h2-6,8-9,11-12,14,16,18,24H,7,10,13,15H2,1H3/t16-,18-/m0/s1. The molecule has 0 amide bonds. The van der Waals surface area contributed by atoms with Crippen LogP contribution in [0.1, 0.15) is 30.6 Å². The van der Waals surface area contributed by atoms with Gasteiger partial charge in [0.1, 0.15) is 0 Å². The molecule has 1 aliphatic heterocycles. The number of thioether (sulfide) groups is 1. The number of rotatable bonds is 6. The average Bonchev–Trinajstić information content (AvgIpc) is 3.50. The van der Waals surface area contributed by atoms with Gasteiger partial charge in [0.25, 0.3) is 0 Å². The molecule has 0 unspecified atom stereocenters. The third-order valence-electron chi connectivity index (χ3n) is 5.51. The highest BCUT2D eigenvalue weighted by Crippen LogP contribution is 2.37. The van der Waals surface area contributed by atoms with Gasteiger partial charge in [-0.05, 0) is 31.4 Å². The van der Waals surface area contributed by atoms with Crippen molar-refractivity contribution in [3.05, 3.63) is 66.4 Å². The summed E-state index contributed by atoms with van der Waals surface area (Å²) in [6, 6.07) is 18.9. The van der Waals surface area contributed by atoms with Crippen LogP contribution in [-0.2, 0) is 11.3 Å².